The van der Waals surface area contributed by atoms with Gasteiger partial charge in [-0.15, -0.1) is 11.3 Å². The molecule has 3 aliphatic rings. The summed E-state index contributed by atoms with van der Waals surface area (Å²) < 4.78 is 8.64. The first-order valence-corrected chi connectivity index (χ1v) is 21.9. The van der Waals surface area contributed by atoms with Crippen LogP contribution in [-0.2, 0) is 17.4 Å². The fourth-order valence-corrected chi connectivity index (χ4v) is 12.6. The molecular weight excluding hydrogens is 649 g/mol. The van der Waals surface area contributed by atoms with E-state index in [2.05, 4.69) is 128 Å². The molecule has 2 unspecified atom stereocenters. The van der Waals surface area contributed by atoms with Crippen LogP contribution in [0.4, 0.5) is 0 Å². The van der Waals surface area contributed by atoms with Crippen molar-refractivity contribution in [3.05, 3.63) is 95.1 Å². The number of unbranched alkanes of at least 4 members (excludes halogenated alkanes) is 1. The van der Waals surface area contributed by atoms with Crippen LogP contribution in [0.2, 0.25) is 0 Å². The van der Waals surface area contributed by atoms with Crippen LogP contribution < -0.4 is 4.57 Å². The van der Waals surface area contributed by atoms with Gasteiger partial charge in [-0.05, 0) is 111 Å². The Balaban J connectivity index is 1.46. The van der Waals surface area contributed by atoms with E-state index in [1.165, 1.54) is 137 Å². The van der Waals surface area contributed by atoms with E-state index in [9.17, 15) is 0 Å². The number of hydrogen-bond acceptors (Lipinski definition) is 1. The van der Waals surface area contributed by atoms with Gasteiger partial charge < -0.3 is 0 Å². The van der Waals surface area contributed by atoms with E-state index in [1.54, 1.807) is 16.5 Å². The number of para-hydroxylation sites is 2. The molecular formula is C49H59N2S+. The molecule has 52 heavy (non-hydrogen) atoms. The minimum atomic E-state index is -0.0865. The van der Waals surface area contributed by atoms with Gasteiger partial charge in [0.2, 0.25) is 0 Å². The number of aromatic nitrogens is 2. The van der Waals surface area contributed by atoms with E-state index in [4.69, 9.17) is 0 Å². The number of nitrogens with zero attached hydrogens (tertiary/aromatic N) is 2. The largest absolute Gasteiger partial charge is 0.295 e. The monoisotopic (exact) mass is 707 g/mol. The molecule has 270 valence electrons. The first-order chi connectivity index (χ1) is 25.4. The van der Waals surface area contributed by atoms with Crippen LogP contribution in [0.5, 0.6) is 0 Å². The average molecular weight is 708 g/mol. The fourth-order valence-electron chi connectivity index (χ4n) is 11.2. The van der Waals surface area contributed by atoms with Gasteiger partial charge in [-0.2, -0.15) is 4.57 Å². The zero-order valence-electron chi connectivity index (χ0n) is 32.5. The van der Waals surface area contributed by atoms with Crippen LogP contribution in [0.1, 0.15) is 159 Å². The van der Waals surface area contributed by atoms with Gasteiger partial charge in [0.15, 0.2) is 16.7 Å². The second-order valence-corrected chi connectivity index (χ2v) is 18.2. The summed E-state index contributed by atoms with van der Waals surface area (Å²) in [6.45, 7) is 12.3. The van der Waals surface area contributed by atoms with Crippen molar-refractivity contribution < 1.29 is 4.57 Å². The maximum absolute atomic E-state index is 2.82. The predicted octanol–water partition coefficient (Wildman–Crippen LogP) is 14.2. The quantitative estimate of drug-likeness (QED) is 0.139. The highest BCUT2D eigenvalue weighted by Gasteiger charge is 2.56. The van der Waals surface area contributed by atoms with E-state index < -0.39 is 0 Å². The Hall–Kier alpha value is -3.43. The van der Waals surface area contributed by atoms with Gasteiger partial charge in [-0.1, -0.05) is 121 Å². The van der Waals surface area contributed by atoms with Crippen LogP contribution >= 0.6 is 11.3 Å². The Morgan fingerprint density at radius 1 is 0.750 bits per heavy atom. The number of benzene rings is 4. The van der Waals surface area contributed by atoms with E-state index >= 15 is 0 Å². The number of hydrogen-bond donors (Lipinski definition) is 0. The summed E-state index contributed by atoms with van der Waals surface area (Å²) >= 11 is 2.11. The van der Waals surface area contributed by atoms with Crippen molar-refractivity contribution >= 4 is 42.5 Å². The number of fused-ring (bicyclic) bond motifs is 8. The van der Waals surface area contributed by atoms with Crippen molar-refractivity contribution in [2.45, 2.75) is 154 Å². The Kier molecular flexibility index (Phi) is 8.89. The second kappa shape index (κ2) is 13.5. The van der Waals surface area contributed by atoms with Gasteiger partial charge >= 0.3 is 0 Å². The lowest BCUT2D eigenvalue weighted by Crippen LogP contribution is -2.67. The molecule has 2 nitrogen and oxygen atoms in total. The molecule has 2 saturated carbocycles. The molecule has 2 aromatic heterocycles. The molecule has 0 spiro atoms. The SMILES string of the molecule is CCCCc1ccc2c(c1)sc1c(-n3c4[n+](c5ccccc53)C(C)(CC)C(C)(CC)c3ccccc3-4)c(C3CCCCC3)cc(C3CCCCC3)c12. The topological polar surface area (TPSA) is 8.81 Å². The van der Waals surface area contributed by atoms with Crippen LogP contribution in [0, 0.1) is 0 Å². The summed E-state index contributed by atoms with van der Waals surface area (Å²) in [4.78, 5) is 0. The van der Waals surface area contributed by atoms with Crippen molar-refractivity contribution in [1.29, 1.82) is 0 Å². The molecule has 2 fully saturated rings. The predicted molar refractivity (Wildman–Crippen MR) is 224 cm³/mol. The zero-order chi connectivity index (χ0) is 35.6. The summed E-state index contributed by atoms with van der Waals surface area (Å²) in [5, 5.41) is 3.06. The van der Waals surface area contributed by atoms with E-state index in [0.717, 1.165) is 12.8 Å². The van der Waals surface area contributed by atoms with Crippen molar-refractivity contribution in [2.24, 2.45) is 0 Å². The van der Waals surface area contributed by atoms with Crippen molar-refractivity contribution in [1.82, 2.24) is 4.57 Å². The lowest BCUT2D eigenvalue weighted by atomic mass is 9.61. The fraction of sp³-hybridized carbons (Fsp3) is 0.490. The minimum absolute atomic E-state index is 0.00380. The molecule has 4 aromatic carbocycles. The van der Waals surface area contributed by atoms with Gasteiger partial charge in [-0.25, -0.2) is 4.57 Å². The Morgan fingerprint density at radius 2 is 1.44 bits per heavy atom. The number of imidazole rings is 1. The van der Waals surface area contributed by atoms with Crippen molar-refractivity contribution in [2.75, 3.05) is 0 Å². The Bertz CT molecular complexity index is 2270. The molecule has 2 aliphatic carbocycles. The third kappa shape index (κ3) is 5.04. The van der Waals surface area contributed by atoms with Crippen LogP contribution in [0.25, 0.3) is 48.3 Å². The second-order valence-electron chi connectivity index (χ2n) is 17.2. The van der Waals surface area contributed by atoms with Crippen molar-refractivity contribution in [3.8, 4) is 17.1 Å². The summed E-state index contributed by atoms with van der Waals surface area (Å²) in [5.41, 5.74) is 11.9. The molecule has 9 rings (SSSR count). The third-order valence-corrected chi connectivity index (χ3v) is 15.8. The molecule has 0 radical (unpaired) electrons. The van der Waals surface area contributed by atoms with Crippen LogP contribution in [0.15, 0.2) is 72.8 Å². The van der Waals surface area contributed by atoms with Gasteiger partial charge in [0.1, 0.15) is 5.54 Å². The summed E-state index contributed by atoms with van der Waals surface area (Å²) in [6, 6.07) is 29.3. The highest BCUT2D eigenvalue weighted by Crippen LogP contribution is 2.54. The van der Waals surface area contributed by atoms with Gasteiger partial charge in [0.05, 0.1) is 10.3 Å². The summed E-state index contributed by atoms with van der Waals surface area (Å²) in [5.74, 6) is 2.64. The van der Waals surface area contributed by atoms with Crippen LogP contribution in [0.3, 0.4) is 0 Å². The number of thiophene rings is 1. The molecule has 6 aromatic rings. The maximum Gasteiger partial charge on any atom is 0.295 e. The molecule has 0 N–H and O–H groups in total. The minimum Gasteiger partial charge on any atom is -0.216 e. The summed E-state index contributed by atoms with van der Waals surface area (Å²) in [7, 11) is 0. The van der Waals surface area contributed by atoms with E-state index in [1.807, 2.05) is 0 Å². The maximum atomic E-state index is 2.82. The van der Waals surface area contributed by atoms with Gasteiger partial charge in [-0.3, -0.25) is 0 Å². The normalized spacial score (nSPS) is 22.7. The van der Waals surface area contributed by atoms with Gasteiger partial charge in [0, 0.05) is 26.5 Å². The molecule has 0 bridgehead atoms. The zero-order valence-corrected chi connectivity index (χ0v) is 33.3. The highest BCUT2D eigenvalue weighted by atomic mass is 32.1. The number of aryl methyl sites for hydroxylation is 1. The van der Waals surface area contributed by atoms with Crippen molar-refractivity contribution in [3.63, 3.8) is 0 Å². The smallest absolute Gasteiger partial charge is 0.216 e. The van der Waals surface area contributed by atoms with Gasteiger partial charge in [0.25, 0.3) is 5.82 Å². The van der Waals surface area contributed by atoms with E-state index in [-0.39, 0.29) is 11.0 Å². The molecule has 3 heterocycles. The molecule has 1 aliphatic heterocycles. The summed E-state index contributed by atoms with van der Waals surface area (Å²) in [6.07, 6.45) is 19.3. The number of rotatable bonds is 8. The van der Waals surface area contributed by atoms with Crippen LogP contribution in [-0.4, -0.2) is 4.57 Å². The van der Waals surface area contributed by atoms with E-state index in [0.29, 0.717) is 11.8 Å². The first kappa shape index (κ1) is 34.3. The third-order valence-electron chi connectivity index (χ3n) is 14.6. The first-order valence-electron chi connectivity index (χ1n) is 21.1. The molecule has 0 amide bonds. The average Bonchev–Trinajstić information content (AvgIpc) is 3.76. The lowest BCUT2D eigenvalue weighted by Gasteiger charge is -2.47. The Morgan fingerprint density at radius 3 is 2.15 bits per heavy atom. The molecule has 2 atom stereocenters. The molecule has 3 heteroatoms. The highest BCUT2D eigenvalue weighted by molar-refractivity contribution is 7.26. The lowest BCUT2D eigenvalue weighted by molar-refractivity contribution is -0.743. The standard InChI is InChI=1S/C49H59N2S/c1-6-9-20-33-29-30-37-43(31-33)52-46-44(37)38(34-21-12-10-13-22-34)32-39(35-23-14-11-15-24-35)45(46)50-41-27-18-19-28-42(41)51-47(50)36-25-16-17-26-40(36)48(4,7-2)49(51,5)8-3/h16-19,25-32,34-35H,6-15,20-24H2,1-5H3/q+1. The molecule has 0 saturated heterocycles. The Labute approximate surface area is 316 Å².